The van der Waals surface area contributed by atoms with Gasteiger partial charge in [-0.1, -0.05) is 0 Å². The molecular formula is C17H12BrN3O4. The van der Waals surface area contributed by atoms with E-state index >= 15 is 0 Å². The summed E-state index contributed by atoms with van der Waals surface area (Å²) in [5.74, 6) is -0.957. The number of nitrogens with zero attached hydrogens (tertiary/aromatic N) is 3. The Morgan fingerprint density at radius 1 is 1.32 bits per heavy atom. The maximum atomic E-state index is 12.7. The van der Waals surface area contributed by atoms with Crippen LogP contribution in [0.15, 0.2) is 56.6 Å². The summed E-state index contributed by atoms with van der Waals surface area (Å²) in [7, 11) is 0. The molecule has 0 spiro atoms. The van der Waals surface area contributed by atoms with Crippen LogP contribution in [0.4, 0.5) is 0 Å². The lowest BCUT2D eigenvalue weighted by Gasteiger charge is -2.09. The van der Waals surface area contributed by atoms with Gasteiger partial charge in [-0.25, -0.2) is 4.79 Å². The summed E-state index contributed by atoms with van der Waals surface area (Å²) in [5.41, 5.74) is 1.67. The summed E-state index contributed by atoms with van der Waals surface area (Å²) in [5, 5.41) is 14.6. The van der Waals surface area contributed by atoms with Crippen molar-refractivity contribution in [3.05, 3.63) is 57.7 Å². The topological polar surface area (TPSA) is 90.3 Å². The number of benzene rings is 1. The van der Waals surface area contributed by atoms with Crippen molar-refractivity contribution in [2.75, 3.05) is 0 Å². The van der Waals surface area contributed by atoms with Crippen LogP contribution in [0.25, 0.3) is 27.6 Å². The molecule has 1 aromatic carbocycles. The minimum absolute atomic E-state index is 0.197. The minimum atomic E-state index is -0.957. The predicted octanol–water partition coefficient (Wildman–Crippen LogP) is 3.34. The molecule has 3 heterocycles. The molecule has 4 aromatic rings. The summed E-state index contributed by atoms with van der Waals surface area (Å²) in [6.45, 7) is 1.57. The number of hydrogen-bond acceptors (Lipinski definition) is 4. The van der Waals surface area contributed by atoms with Gasteiger partial charge in [0.15, 0.2) is 4.67 Å². The number of hydrogen-bond donors (Lipinski definition) is 1. The third kappa shape index (κ3) is 2.45. The maximum Gasteiger partial charge on any atom is 0.328 e. The van der Waals surface area contributed by atoms with Gasteiger partial charge in [-0.2, -0.15) is 5.10 Å². The standard InChI is InChI=1S/C17H12BrN3O4/c1-9(17(23)24)21-13-3-2-11(6-10(13)8-19-21)20-5-4-14-12(16(20)22)7-15(18)25-14/h2-9H,1H3,(H,23,24). The van der Waals surface area contributed by atoms with Crippen LogP contribution < -0.4 is 5.56 Å². The Morgan fingerprint density at radius 2 is 2.12 bits per heavy atom. The zero-order valence-corrected chi connectivity index (χ0v) is 14.6. The van der Waals surface area contributed by atoms with E-state index in [-0.39, 0.29) is 5.56 Å². The summed E-state index contributed by atoms with van der Waals surface area (Å²) in [6.07, 6.45) is 3.24. The molecule has 1 atom stereocenters. The van der Waals surface area contributed by atoms with Gasteiger partial charge in [-0.05, 0) is 47.1 Å². The van der Waals surface area contributed by atoms with Crippen molar-refractivity contribution in [3.63, 3.8) is 0 Å². The van der Waals surface area contributed by atoms with Crippen LogP contribution in [-0.4, -0.2) is 25.4 Å². The van der Waals surface area contributed by atoms with Crippen molar-refractivity contribution in [1.29, 1.82) is 0 Å². The Bertz CT molecular complexity index is 1190. The van der Waals surface area contributed by atoms with Gasteiger partial charge in [0.1, 0.15) is 11.6 Å². The van der Waals surface area contributed by atoms with E-state index in [9.17, 15) is 9.59 Å². The molecule has 1 unspecified atom stereocenters. The van der Waals surface area contributed by atoms with Gasteiger partial charge < -0.3 is 9.52 Å². The van der Waals surface area contributed by atoms with E-state index in [2.05, 4.69) is 21.0 Å². The van der Waals surface area contributed by atoms with E-state index in [0.29, 0.717) is 26.8 Å². The van der Waals surface area contributed by atoms with Gasteiger partial charge in [-0.3, -0.25) is 14.0 Å². The molecule has 1 N–H and O–H groups in total. The molecule has 0 aliphatic heterocycles. The highest BCUT2D eigenvalue weighted by atomic mass is 79.9. The lowest BCUT2D eigenvalue weighted by Crippen LogP contribution is -2.17. The van der Waals surface area contributed by atoms with E-state index in [1.807, 2.05) is 0 Å². The molecule has 0 bridgehead atoms. The molecule has 3 aromatic heterocycles. The number of aliphatic carboxylic acids is 1. The molecule has 4 rings (SSSR count). The van der Waals surface area contributed by atoms with Gasteiger partial charge in [0, 0.05) is 23.3 Å². The SMILES string of the molecule is CC(C(=O)O)n1ncc2cc(-n3ccc4oc(Br)cc4c3=O)ccc21. The zero-order chi connectivity index (χ0) is 17.7. The van der Waals surface area contributed by atoms with Crippen molar-refractivity contribution < 1.29 is 14.3 Å². The molecule has 0 aliphatic rings. The van der Waals surface area contributed by atoms with Crippen LogP contribution in [0.2, 0.25) is 0 Å². The van der Waals surface area contributed by atoms with Crippen LogP contribution in [0, 0.1) is 0 Å². The molecule has 0 aliphatic carbocycles. The van der Waals surface area contributed by atoms with E-state index in [1.54, 1.807) is 49.6 Å². The van der Waals surface area contributed by atoms with Crippen LogP contribution >= 0.6 is 15.9 Å². The lowest BCUT2D eigenvalue weighted by atomic mass is 10.2. The molecule has 0 fully saturated rings. The first-order chi connectivity index (χ1) is 12.0. The first-order valence-corrected chi connectivity index (χ1v) is 8.26. The summed E-state index contributed by atoms with van der Waals surface area (Å²) < 4.78 is 8.85. The summed E-state index contributed by atoms with van der Waals surface area (Å²) in [4.78, 5) is 23.8. The Kier molecular flexibility index (Phi) is 3.50. The fourth-order valence-electron chi connectivity index (χ4n) is 2.81. The molecule has 25 heavy (non-hydrogen) atoms. The first kappa shape index (κ1) is 15.6. The monoisotopic (exact) mass is 401 g/mol. The normalized spacial score (nSPS) is 12.7. The molecular weight excluding hydrogens is 390 g/mol. The van der Waals surface area contributed by atoms with Gasteiger partial charge >= 0.3 is 5.97 Å². The molecule has 126 valence electrons. The van der Waals surface area contributed by atoms with Crippen LogP contribution in [0.3, 0.4) is 0 Å². The van der Waals surface area contributed by atoms with Crippen molar-refractivity contribution in [3.8, 4) is 5.69 Å². The number of halogens is 1. The molecule has 0 amide bonds. The fraction of sp³-hybridized carbons (Fsp3) is 0.118. The highest BCUT2D eigenvalue weighted by Crippen LogP contribution is 2.23. The van der Waals surface area contributed by atoms with Crippen LogP contribution in [0.5, 0.6) is 0 Å². The summed E-state index contributed by atoms with van der Waals surface area (Å²) >= 11 is 3.23. The van der Waals surface area contributed by atoms with E-state index in [4.69, 9.17) is 9.52 Å². The van der Waals surface area contributed by atoms with E-state index in [0.717, 1.165) is 5.39 Å². The minimum Gasteiger partial charge on any atom is -0.480 e. The number of furan rings is 1. The number of carbonyl (C=O) groups is 1. The van der Waals surface area contributed by atoms with Crippen molar-refractivity contribution in [2.24, 2.45) is 0 Å². The molecule has 0 saturated heterocycles. The van der Waals surface area contributed by atoms with Gasteiger partial charge in [-0.15, -0.1) is 0 Å². The van der Waals surface area contributed by atoms with Crippen molar-refractivity contribution in [2.45, 2.75) is 13.0 Å². The van der Waals surface area contributed by atoms with Crippen LogP contribution in [-0.2, 0) is 4.79 Å². The highest BCUT2D eigenvalue weighted by Gasteiger charge is 2.17. The third-order valence-electron chi connectivity index (χ3n) is 4.14. The number of carboxylic acids is 1. The van der Waals surface area contributed by atoms with Gasteiger partial charge in [0.25, 0.3) is 5.56 Å². The smallest absolute Gasteiger partial charge is 0.328 e. The number of aromatic nitrogens is 3. The van der Waals surface area contributed by atoms with Crippen LogP contribution in [0.1, 0.15) is 13.0 Å². The molecule has 7 nitrogen and oxygen atoms in total. The Balaban J connectivity index is 1.87. The van der Waals surface area contributed by atoms with E-state index < -0.39 is 12.0 Å². The van der Waals surface area contributed by atoms with Gasteiger partial charge in [0.05, 0.1) is 17.1 Å². The average Bonchev–Trinajstić information content (AvgIpc) is 3.17. The Morgan fingerprint density at radius 3 is 2.88 bits per heavy atom. The summed E-state index contributed by atoms with van der Waals surface area (Å²) in [6, 6.07) is 7.92. The average molecular weight is 402 g/mol. The van der Waals surface area contributed by atoms with E-state index in [1.165, 1.54) is 9.25 Å². The lowest BCUT2D eigenvalue weighted by molar-refractivity contribution is -0.140. The first-order valence-electron chi connectivity index (χ1n) is 7.47. The Labute approximate surface area is 149 Å². The second kappa shape index (κ2) is 5.59. The number of carboxylic acid groups (broad SMARTS) is 1. The fourth-order valence-corrected chi connectivity index (χ4v) is 3.21. The number of fused-ring (bicyclic) bond motifs is 2. The second-order valence-corrected chi connectivity index (χ2v) is 6.45. The maximum absolute atomic E-state index is 12.7. The zero-order valence-electron chi connectivity index (χ0n) is 13.0. The van der Waals surface area contributed by atoms with Gasteiger partial charge in [0.2, 0.25) is 0 Å². The predicted molar refractivity (Wildman–Crippen MR) is 95.1 cm³/mol. The largest absolute Gasteiger partial charge is 0.480 e. The van der Waals surface area contributed by atoms with Crippen molar-refractivity contribution >= 4 is 43.8 Å². The van der Waals surface area contributed by atoms with Crippen molar-refractivity contribution in [1.82, 2.24) is 14.3 Å². The molecule has 8 heteroatoms. The number of rotatable bonds is 3. The molecule has 0 radical (unpaired) electrons. The molecule has 0 saturated carbocycles. The highest BCUT2D eigenvalue weighted by molar-refractivity contribution is 9.10. The quantitative estimate of drug-likeness (QED) is 0.568. The number of pyridine rings is 1. The Hall–Kier alpha value is -2.87. The third-order valence-corrected chi connectivity index (χ3v) is 4.53. The second-order valence-electron chi connectivity index (χ2n) is 5.67.